The molecule has 0 spiro atoms. The van der Waals surface area contributed by atoms with E-state index in [9.17, 15) is 4.79 Å². The van der Waals surface area contributed by atoms with E-state index >= 15 is 0 Å². The summed E-state index contributed by atoms with van der Waals surface area (Å²) in [6, 6.07) is 0. The molecule has 1 saturated carbocycles. The van der Waals surface area contributed by atoms with Crippen molar-refractivity contribution in [3.05, 3.63) is 17.5 Å². The Morgan fingerprint density at radius 1 is 1.69 bits per heavy atom. The van der Waals surface area contributed by atoms with Crippen molar-refractivity contribution in [2.75, 3.05) is 13.6 Å². The molecule has 1 fully saturated rings. The molecule has 0 radical (unpaired) electrons. The van der Waals surface area contributed by atoms with Crippen LogP contribution in [0.1, 0.15) is 29.0 Å². The third-order valence-corrected chi connectivity index (χ3v) is 3.79. The first-order valence-corrected chi connectivity index (χ1v) is 6.30. The maximum absolute atomic E-state index is 12.0. The second-order valence-corrected chi connectivity index (χ2v) is 5.71. The standard InChI is InChI=1S/C11H15BrN2O2/c1-7-10(5-13-16-7)11(15)14(2)6-8-3-9(12)4-8/h5,8-9H,3-4,6H2,1-2H3. The average Bonchev–Trinajstić information content (AvgIpc) is 2.61. The van der Waals surface area contributed by atoms with Crippen LogP contribution in [0.3, 0.4) is 0 Å². The van der Waals surface area contributed by atoms with Crippen LogP contribution < -0.4 is 0 Å². The molecular weight excluding hydrogens is 272 g/mol. The highest BCUT2D eigenvalue weighted by Gasteiger charge is 2.29. The van der Waals surface area contributed by atoms with Crippen LogP contribution in [-0.2, 0) is 0 Å². The molecule has 1 aromatic rings. The highest BCUT2D eigenvalue weighted by Crippen LogP contribution is 2.33. The molecule has 0 N–H and O–H groups in total. The van der Waals surface area contributed by atoms with Crippen molar-refractivity contribution in [2.45, 2.75) is 24.6 Å². The number of hydrogen-bond donors (Lipinski definition) is 0. The highest BCUT2D eigenvalue weighted by atomic mass is 79.9. The van der Waals surface area contributed by atoms with E-state index < -0.39 is 0 Å². The SMILES string of the molecule is Cc1oncc1C(=O)N(C)CC1CC(Br)C1. The minimum atomic E-state index is -0.00299. The monoisotopic (exact) mass is 286 g/mol. The Morgan fingerprint density at radius 2 is 2.38 bits per heavy atom. The van der Waals surface area contributed by atoms with Gasteiger partial charge in [0.25, 0.3) is 5.91 Å². The zero-order valence-electron chi connectivity index (χ0n) is 9.44. The smallest absolute Gasteiger partial charge is 0.258 e. The van der Waals surface area contributed by atoms with E-state index in [2.05, 4.69) is 21.1 Å². The van der Waals surface area contributed by atoms with Crippen LogP contribution in [0.25, 0.3) is 0 Å². The predicted molar refractivity (Wildman–Crippen MR) is 63.6 cm³/mol. The zero-order chi connectivity index (χ0) is 11.7. The summed E-state index contributed by atoms with van der Waals surface area (Å²) in [6.45, 7) is 2.57. The van der Waals surface area contributed by atoms with Gasteiger partial charge in [0.15, 0.2) is 0 Å². The van der Waals surface area contributed by atoms with Gasteiger partial charge >= 0.3 is 0 Å². The van der Waals surface area contributed by atoms with Crippen molar-refractivity contribution in [1.29, 1.82) is 0 Å². The number of aromatic nitrogens is 1. The molecule has 0 atom stereocenters. The van der Waals surface area contributed by atoms with Gasteiger partial charge in [-0.2, -0.15) is 0 Å². The average molecular weight is 287 g/mol. The third kappa shape index (κ3) is 2.29. The molecule has 88 valence electrons. The normalized spacial score (nSPS) is 23.9. The summed E-state index contributed by atoms with van der Waals surface area (Å²) in [5, 5.41) is 3.62. The van der Waals surface area contributed by atoms with Crippen LogP contribution in [0.5, 0.6) is 0 Å². The first kappa shape index (κ1) is 11.6. The molecule has 1 aliphatic carbocycles. The number of rotatable bonds is 3. The fourth-order valence-electron chi connectivity index (χ4n) is 1.98. The number of alkyl halides is 1. The third-order valence-electron chi connectivity index (χ3n) is 3.04. The Labute approximate surface area is 103 Å². The van der Waals surface area contributed by atoms with Gasteiger partial charge in [-0.25, -0.2) is 0 Å². The van der Waals surface area contributed by atoms with Crippen LogP contribution in [0.4, 0.5) is 0 Å². The summed E-state index contributed by atoms with van der Waals surface area (Å²) >= 11 is 3.55. The van der Waals surface area contributed by atoms with Crippen molar-refractivity contribution in [3.8, 4) is 0 Å². The van der Waals surface area contributed by atoms with Gasteiger partial charge < -0.3 is 9.42 Å². The Hall–Kier alpha value is -0.840. The van der Waals surface area contributed by atoms with Crippen LogP contribution in [0.2, 0.25) is 0 Å². The lowest BCUT2D eigenvalue weighted by Crippen LogP contribution is -2.37. The van der Waals surface area contributed by atoms with Crippen molar-refractivity contribution < 1.29 is 9.32 Å². The van der Waals surface area contributed by atoms with E-state index in [4.69, 9.17) is 4.52 Å². The molecular formula is C11H15BrN2O2. The number of halogens is 1. The zero-order valence-corrected chi connectivity index (χ0v) is 11.0. The Kier molecular flexibility index (Phi) is 3.33. The molecule has 0 saturated heterocycles. The molecule has 0 aliphatic heterocycles. The number of carbonyl (C=O) groups excluding carboxylic acids is 1. The van der Waals surface area contributed by atoms with Gasteiger partial charge in [0, 0.05) is 18.4 Å². The minimum absolute atomic E-state index is 0.00299. The molecule has 1 amide bonds. The summed E-state index contributed by atoms with van der Waals surface area (Å²) in [5.74, 6) is 1.21. The number of nitrogens with zero attached hydrogens (tertiary/aromatic N) is 2. The minimum Gasteiger partial charge on any atom is -0.361 e. The van der Waals surface area contributed by atoms with Gasteiger partial charge in [-0.15, -0.1) is 0 Å². The molecule has 1 aromatic heterocycles. The Morgan fingerprint density at radius 3 is 2.88 bits per heavy atom. The van der Waals surface area contributed by atoms with Gasteiger partial charge in [-0.3, -0.25) is 4.79 Å². The van der Waals surface area contributed by atoms with E-state index in [0.29, 0.717) is 22.1 Å². The van der Waals surface area contributed by atoms with E-state index in [0.717, 1.165) is 19.4 Å². The fourth-order valence-corrected chi connectivity index (χ4v) is 3.04. The van der Waals surface area contributed by atoms with Gasteiger partial charge in [0.05, 0.1) is 6.20 Å². The summed E-state index contributed by atoms with van der Waals surface area (Å²) in [4.78, 5) is 14.4. The fraction of sp³-hybridized carbons (Fsp3) is 0.636. The lowest BCUT2D eigenvalue weighted by atomic mass is 9.85. The summed E-state index contributed by atoms with van der Waals surface area (Å²) in [6.07, 6.45) is 3.79. The quantitative estimate of drug-likeness (QED) is 0.801. The molecule has 16 heavy (non-hydrogen) atoms. The van der Waals surface area contributed by atoms with Gasteiger partial charge in [0.1, 0.15) is 11.3 Å². The second-order valence-electron chi connectivity index (χ2n) is 4.42. The van der Waals surface area contributed by atoms with E-state index in [1.54, 1.807) is 11.8 Å². The van der Waals surface area contributed by atoms with Crippen molar-refractivity contribution in [1.82, 2.24) is 10.1 Å². The summed E-state index contributed by atoms with van der Waals surface area (Å²) in [5.41, 5.74) is 0.567. The maximum atomic E-state index is 12.0. The largest absolute Gasteiger partial charge is 0.361 e. The lowest BCUT2D eigenvalue weighted by molar-refractivity contribution is 0.0747. The van der Waals surface area contributed by atoms with Crippen LogP contribution in [0.15, 0.2) is 10.7 Å². The van der Waals surface area contributed by atoms with Crippen molar-refractivity contribution in [2.24, 2.45) is 5.92 Å². The predicted octanol–water partition coefficient (Wildman–Crippen LogP) is 2.23. The van der Waals surface area contributed by atoms with Gasteiger partial charge in [0.2, 0.25) is 0 Å². The molecule has 0 aromatic carbocycles. The van der Waals surface area contributed by atoms with Crippen molar-refractivity contribution >= 4 is 21.8 Å². The second kappa shape index (κ2) is 4.57. The molecule has 1 heterocycles. The number of hydrogen-bond acceptors (Lipinski definition) is 3. The van der Waals surface area contributed by atoms with Crippen molar-refractivity contribution in [3.63, 3.8) is 0 Å². The first-order chi connectivity index (χ1) is 7.58. The van der Waals surface area contributed by atoms with Crippen LogP contribution in [-0.4, -0.2) is 34.4 Å². The maximum Gasteiger partial charge on any atom is 0.258 e. The molecule has 4 nitrogen and oxygen atoms in total. The molecule has 0 unspecified atom stereocenters. The molecule has 1 aliphatic rings. The van der Waals surface area contributed by atoms with Gasteiger partial charge in [-0.05, 0) is 25.7 Å². The summed E-state index contributed by atoms with van der Waals surface area (Å²) < 4.78 is 4.89. The van der Waals surface area contributed by atoms with E-state index in [-0.39, 0.29) is 5.91 Å². The van der Waals surface area contributed by atoms with Crippen LogP contribution >= 0.6 is 15.9 Å². The number of carbonyl (C=O) groups is 1. The number of aryl methyl sites for hydroxylation is 1. The Balaban J connectivity index is 1.92. The molecule has 5 heteroatoms. The lowest BCUT2D eigenvalue weighted by Gasteiger charge is -2.34. The summed E-state index contributed by atoms with van der Waals surface area (Å²) in [7, 11) is 1.83. The molecule has 2 rings (SSSR count). The first-order valence-electron chi connectivity index (χ1n) is 5.38. The Bertz CT molecular complexity index is 385. The van der Waals surface area contributed by atoms with E-state index in [1.807, 2.05) is 7.05 Å². The number of amides is 1. The highest BCUT2D eigenvalue weighted by molar-refractivity contribution is 9.09. The molecule has 0 bridgehead atoms. The van der Waals surface area contributed by atoms with E-state index in [1.165, 1.54) is 6.20 Å². The van der Waals surface area contributed by atoms with Crippen LogP contribution in [0, 0.1) is 12.8 Å². The van der Waals surface area contributed by atoms with Gasteiger partial charge in [-0.1, -0.05) is 21.1 Å². The topological polar surface area (TPSA) is 46.3 Å².